The number of rotatable bonds is 41. The van der Waals surface area contributed by atoms with Gasteiger partial charge in [0.25, 0.3) is 0 Å². The van der Waals surface area contributed by atoms with E-state index in [1.54, 1.807) is 0 Å². The smallest absolute Gasteiger partial charge is 0.220 e. The number of hydrogen-bond acceptors (Lipinski definition) is 3. The molecule has 0 radical (unpaired) electrons. The van der Waals surface area contributed by atoms with Gasteiger partial charge in [0.15, 0.2) is 0 Å². The number of carbonyl (C=O) groups is 1. The van der Waals surface area contributed by atoms with Gasteiger partial charge in [0.05, 0.1) is 18.8 Å². The van der Waals surface area contributed by atoms with E-state index in [1.807, 2.05) is 0 Å². The highest BCUT2D eigenvalue weighted by Crippen LogP contribution is 2.17. The highest BCUT2D eigenvalue weighted by Gasteiger charge is 2.20. The van der Waals surface area contributed by atoms with Gasteiger partial charge >= 0.3 is 0 Å². The van der Waals surface area contributed by atoms with Gasteiger partial charge in [-0.1, -0.05) is 239 Å². The molecule has 0 aromatic rings. The Balaban J connectivity index is 3.46. The third kappa shape index (κ3) is 36.7. The number of nitrogens with one attached hydrogen (secondary N) is 1. The first-order valence-corrected chi connectivity index (χ1v) is 22.2. The molecule has 0 aromatic carbocycles. The summed E-state index contributed by atoms with van der Waals surface area (Å²) in [5.41, 5.74) is 0. The van der Waals surface area contributed by atoms with Gasteiger partial charge in [-0.25, -0.2) is 0 Å². The van der Waals surface area contributed by atoms with Gasteiger partial charge in [0.2, 0.25) is 5.91 Å². The molecule has 0 aromatic heterocycles. The number of amides is 1. The Labute approximate surface area is 302 Å². The van der Waals surface area contributed by atoms with Crippen molar-refractivity contribution in [3.8, 4) is 0 Å². The van der Waals surface area contributed by atoms with Crippen molar-refractivity contribution in [3.05, 3.63) is 0 Å². The monoisotopic (exact) mass is 680 g/mol. The van der Waals surface area contributed by atoms with Crippen molar-refractivity contribution in [1.82, 2.24) is 5.32 Å². The molecule has 0 saturated carbocycles. The molecule has 0 heterocycles. The minimum atomic E-state index is -0.652. The summed E-state index contributed by atoms with van der Waals surface area (Å²) >= 11 is 0. The zero-order chi connectivity index (χ0) is 35.0. The highest BCUT2D eigenvalue weighted by molar-refractivity contribution is 5.76. The minimum absolute atomic E-state index is 0.0255. The van der Waals surface area contributed by atoms with Crippen molar-refractivity contribution in [3.63, 3.8) is 0 Å². The van der Waals surface area contributed by atoms with Crippen LogP contribution in [0.4, 0.5) is 0 Å². The van der Waals surface area contributed by atoms with E-state index in [0.717, 1.165) is 25.7 Å². The third-order valence-corrected chi connectivity index (χ3v) is 10.6. The van der Waals surface area contributed by atoms with Gasteiger partial charge in [-0.05, 0) is 12.8 Å². The lowest BCUT2D eigenvalue weighted by atomic mass is 10.0. The van der Waals surface area contributed by atoms with Gasteiger partial charge in [-0.3, -0.25) is 4.79 Å². The van der Waals surface area contributed by atoms with Crippen molar-refractivity contribution in [2.24, 2.45) is 0 Å². The third-order valence-electron chi connectivity index (χ3n) is 10.6. The maximum Gasteiger partial charge on any atom is 0.220 e. The maximum absolute atomic E-state index is 12.4. The Kier molecular flexibility index (Phi) is 40.3. The van der Waals surface area contributed by atoms with Crippen LogP contribution in [0.5, 0.6) is 0 Å². The van der Waals surface area contributed by atoms with Crippen LogP contribution in [0.25, 0.3) is 0 Å². The Morgan fingerprint density at radius 3 is 0.938 bits per heavy atom. The molecule has 3 N–H and O–H groups in total. The van der Waals surface area contributed by atoms with Crippen molar-refractivity contribution in [2.75, 3.05) is 6.61 Å². The van der Waals surface area contributed by atoms with Crippen LogP contribution < -0.4 is 5.32 Å². The molecule has 4 heteroatoms. The molecule has 2 atom stereocenters. The predicted octanol–water partition coefficient (Wildman–Crippen LogP) is 13.7. The normalized spacial score (nSPS) is 12.8. The Bertz CT molecular complexity index is 612. The molecular formula is C44H89NO3. The van der Waals surface area contributed by atoms with Gasteiger partial charge in [0, 0.05) is 6.42 Å². The second-order valence-corrected chi connectivity index (χ2v) is 15.5. The fraction of sp³-hybridized carbons (Fsp3) is 0.977. The molecule has 0 aliphatic heterocycles. The number of unbranched alkanes of at least 4 members (excludes halogenated alkanes) is 34. The summed E-state index contributed by atoms with van der Waals surface area (Å²) in [5.74, 6) is -0.0255. The number of aliphatic hydroxyl groups is 2. The van der Waals surface area contributed by atoms with Gasteiger partial charge in [0.1, 0.15) is 0 Å². The number of hydrogen-bond donors (Lipinski definition) is 3. The van der Waals surface area contributed by atoms with Crippen molar-refractivity contribution >= 4 is 5.91 Å². The van der Waals surface area contributed by atoms with Crippen LogP contribution in [0.3, 0.4) is 0 Å². The summed E-state index contributed by atoms with van der Waals surface area (Å²) in [7, 11) is 0. The molecule has 0 bridgehead atoms. The van der Waals surface area contributed by atoms with E-state index >= 15 is 0 Å². The molecule has 288 valence electrons. The summed E-state index contributed by atoms with van der Waals surface area (Å²) in [6.07, 6.45) is 48.9. The van der Waals surface area contributed by atoms with Crippen LogP contribution in [-0.2, 0) is 4.79 Å². The summed E-state index contributed by atoms with van der Waals surface area (Å²) in [6.45, 7) is 4.38. The standard InChI is InChI=1S/C44H89NO3/c1-3-5-7-9-11-13-15-17-19-21-22-24-26-28-30-32-34-36-38-40-44(48)45-42(41-46)43(47)39-37-35-33-31-29-27-25-23-20-18-16-14-12-10-8-6-4-2/h42-43,46-47H,3-41H2,1-2H3,(H,45,48). The SMILES string of the molecule is CCCCCCCCCCCCCCCCCCCCCC(=O)NC(CO)C(O)CCCCCCCCCCCCCCCCCCC. The molecular weight excluding hydrogens is 590 g/mol. The van der Waals surface area contributed by atoms with Crippen LogP contribution >= 0.6 is 0 Å². The quantitative estimate of drug-likeness (QED) is 0.0563. The lowest BCUT2D eigenvalue weighted by Gasteiger charge is -2.22. The van der Waals surface area contributed by atoms with E-state index in [-0.39, 0.29) is 12.5 Å². The van der Waals surface area contributed by atoms with E-state index in [2.05, 4.69) is 19.2 Å². The molecule has 0 rings (SSSR count). The molecule has 0 saturated heterocycles. The molecule has 2 unspecified atom stereocenters. The molecule has 0 spiro atoms. The first kappa shape index (κ1) is 47.4. The lowest BCUT2D eigenvalue weighted by Crippen LogP contribution is -2.45. The summed E-state index contributed by atoms with van der Waals surface area (Å²) in [6, 6.07) is -0.529. The molecule has 1 amide bonds. The van der Waals surface area contributed by atoms with E-state index in [4.69, 9.17) is 0 Å². The molecule has 0 aliphatic rings. The summed E-state index contributed by atoms with van der Waals surface area (Å²) in [4.78, 5) is 12.4. The molecule has 0 aliphatic carbocycles. The maximum atomic E-state index is 12.4. The number of carbonyl (C=O) groups excluding carboxylic acids is 1. The minimum Gasteiger partial charge on any atom is -0.394 e. The lowest BCUT2D eigenvalue weighted by molar-refractivity contribution is -0.123. The Morgan fingerprint density at radius 1 is 0.417 bits per heavy atom. The van der Waals surface area contributed by atoms with Crippen LogP contribution in [0, 0.1) is 0 Å². The van der Waals surface area contributed by atoms with E-state index < -0.39 is 12.1 Å². The van der Waals surface area contributed by atoms with E-state index in [0.29, 0.717) is 12.8 Å². The van der Waals surface area contributed by atoms with Crippen LogP contribution in [-0.4, -0.2) is 34.9 Å². The van der Waals surface area contributed by atoms with Crippen molar-refractivity contribution in [2.45, 2.75) is 270 Å². The van der Waals surface area contributed by atoms with Gasteiger partial charge in [-0.2, -0.15) is 0 Å². The molecule has 4 nitrogen and oxygen atoms in total. The zero-order valence-electron chi connectivity index (χ0n) is 33.0. The first-order valence-electron chi connectivity index (χ1n) is 22.2. The second-order valence-electron chi connectivity index (χ2n) is 15.5. The second kappa shape index (κ2) is 40.8. The average Bonchev–Trinajstić information content (AvgIpc) is 3.09. The predicted molar refractivity (Wildman–Crippen MR) is 212 cm³/mol. The topological polar surface area (TPSA) is 69.6 Å². The largest absolute Gasteiger partial charge is 0.394 e. The Morgan fingerprint density at radius 2 is 0.667 bits per heavy atom. The first-order chi connectivity index (χ1) is 23.7. The number of aliphatic hydroxyl groups excluding tert-OH is 2. The summed E-state index contributed by atoms with van der Waals surface area (Å²) < 4.78 is 0. The van der Waals surface area contributed by atoms with Crippen molar-refractivity contribution in [1.29, 1.82) is 0 Å². The van der Waals surface area contributed by atoms with Crippen molar-refractivity contribution < 1.29 is 15.0 Å². The molecule has 48 heavy (non-hydrogen) atoms. The Hall–Kier alpha value is -0.610. The fourth-order valence-electron chi connectivity index (χ4n) is 7.19. The van der Waals surface area contributed by atoms with Gasteiger partial charge < -0.3 is 15.5 Å². The highest BCUT2D eigenvalue weighted by atomic mass is 16.3. The van der Waals surface area contributed by atoms with E-state index in [1.165, 1.54) is 205 Å². The zero-order valence-corrected chi connectivity index (χ0v) is 33.0. The van der Waals surface area contributed by atoms with E-state index in [9.17, 15) is 15.0 Å². The van der Waals surface area contributed by atoms with Crippen LogP contribution in [0.1, 0.15) is 258 Å². The molecule has 0 fully saturated rings. The van der Waals surface area contributed by atoms with Gasteiger partial charge in [-0.15, -0.1) is 0 Å². The summed E-state index contributed by atoms with van der Waals surface area (Å²) in [5, 5.41) is 23.2. The van der Waals surface area contributed by atoms with Crippen LogP contribution in [0.2, 0.25) is 0 Å². The average molecular weight is 680 g/mol. The fourth-order valence-corrected chi connectivity index (χ4v) is 7.19. The van der Waals surface area contributed by atoms with Crippen LogP contribution in [0.15, 0.2) is 0 Å².